The van der Waals surface area contributed by atoms with Crippen LogP contribution in [0, 0.1) is 6.92 Å². The van der Waals surface area contributed by atoms with E-state index in [4.69, 9.17) is 4.42 Å². The zero-order valence-corrected chi connectivity index (χ0v) is 11.4. The Morgan fingerprint density at radius 1 is 1.44 bits per heavy atom. The van der Waals surface area contributed by atoms with Crippen molar-refractivity contribution in [1.82, 2.24) is 4.98 Å². The molecule has 0 saturated heterocycles. The van der Waals surface area contributed by atoms with Crippen LogP contribution >= 0.6 is 0 Å². The molecule has 1 atom stereocenters. The van der Waals surface area contributed by atoms with E-state index in [0.29, 0.717) is 5.89 Å². The molecular formula is C12H16N2O3S. The third-order valence-corrected chi connectivity index (χ3v) is 3.57. The third-order valence-electron chi connectivity index (χ3n) is 2.46. The molecule has 0 amide bonds. The van der Waals surface area contributed by atoms with Crippen molar-refractivity contribution in [2.75, 3.05) is 17.3 Å². The van der Waals surface area contributed by atoms with Crippen LogP contribution < -0.4 is 5.32 Å². The molecule has 1 unspecified atom stereocenters. The van der Waals surface area contributed by atoms with Crippen LogP contribution in [0.15, 0.2) is 22.6 Å². The Morgan fingerprint density at radius 2 is 2.17 bits per heavy atom. The summed E-state index contributed by atoms with van der Waals surface area (Å²) in [6.45, 7) is 3.62. The highest BCUT2D eigenvalue weighted by Gasteiger charge is 2.11. The molecule has 1 N–H and O–H groups in total. The molecule has 2 rings (SSSR count). The summed E-state index contributed by atoms with van der Waals surface area (Å²) in [6, 6.07) is 5.38. The molecule has 1 aromatic carbocycles. The summed E-state index contributed by atoms with van der Waals surface area (Å²) in [7, 11) is -2.98. The average molecular weight is 268 g/mol. The largest absolute Gasteiger partial charge is 0.441 e. The number of aromatic nitrogens is 1. The maximum absolute atomic E-state index is 11.2. The number of fused-ring (bicyclic) bond motifs is 1. The highest BCUT2D eigenvalue weighted by molar-refractivity contribution is 7.90. The molecule has 0 spiro atoms. The van der Waals surface area contributed by atoms with E-state index in [1.807, 2.05) is 25.1 Å². The first kappa shape index (κ1) is 12.9. The van der Waals surface area contributed by atoms with E-state index in [2.05, 4.69) is 10.3 Å². The lowest BCUT2D eigenvalue weighted by molar-refractivity contribution is 0.561. The van der Waals surface area contributed by atoms with Crippen molar-refractivity contribution in [3.05, 3.63) is 24.1 Å². The molecule has 0 bridgehead atoms. The predicted molar refractivity (Wildman–Crippen MR) is 71.5 cm³/mol. The summed E-state index contributed by atoms with van der Waals surface area (Å²) in [5.41, 5.74) is 2.34. The first-order chi connectivity index (χ1) is 8.33. The van der Waals surface area contributed by atoms with Crippen molar-refractivity contribution < 1.29 is 12.8 Å². The van der Waals surface area contributed by atoms with Crippen molar-refractivity contribution >= 4 is 26.6 Å². The highest BCUT2D eigenvalue weighted by Crippen LogP contribution is 2.20. The summed E-state index contributed by atoms with van der Waals surface area (Å²) < 4.78 is 27.7. The normalized spacial score (nSPS) is 13.7. The first-order valence-electron chi connectivity index (χ1n) is 5.65. The fraction of sp³-hybridized carbons (Fsp3) is 0.417. The molecule has 6 heteroatoms. The van der Waals surface area contributed by atoms with Crippen molar-refractivity contribution in [2.24, 2.45) is 0 Å². The number of anilines is 1. The van der Waals surface area contributed by atoms with E-state index >= 15 is 0 Å². The molecule has 1 heterocycles. The summed E-state index contributed by atoms with van der Waals surface area (Å²) in [5.74, 6) is 0.717. The number of oxazole rings is 1. The summed E-state index contributed by atoms with van der Waals surface area (Å²) in [6.07, 6.45) is 1.23. The molecule has 0 saturated carbocycles. The zero-order chi connectivity index (χ0) is 13.3. The average Bonchev–Trinajstić information content (AvgIpc) is 2.53. The molecule has 2 aromatic rings. The van der Waals surface area contributed by atoms with E-state index in [1.54, 1.807) is 6.92 Å². The Hall–Kier alpha value is -1.56. The Balaban J connectivity index is 2.16. The van der Waals surface area contributed by atoms with Gasteiger partial charge in [-0.25, -0.2) is 13.4 Å². The number of benzene rings is 1. The van der Waals surface area contributed by atoms with Gasteiger partial charge < -0.3 is 9.73 Å². The van der Waals surface area contributed by atoms with Crippen molar-refractivity contribution in [2.45, 2.75) is 19.9 Å². The molecular weight excluding hydrogens is 252 g/mol. The third kappa shape index (κ3) is 3.22. The highest BCUT2D eigenvalue weighted by atomic mass is 32.2. The first-order valence-corrected chi connectivity index (χ1v) is 7.71. The number of nitrogens with zero attached hydrogens (tertiary/aromatic N) is 1. The summed E-state index contributed by atoms with van der Waals surface area (Å²) in [4.78, 5) is 4.23. The quantitative estimate of drug-likeness (QED) is 0.918. The minimum atomic E-state index is -2.98. The molecule has 0 aliphatic rings. The minimum Gasteiger partial charge on any atom is -0.441 e. The maximum Gasteiger partial charge on any atom is 0.192 e. The van der Waals surface area contributed by atoms with E-state index in [-0.39, 0.29) is 11.8 Å². The fourth-order valence-corrected chi connectivity index (χ4v) is 2.90. The molecule has 0 fully saturated rings. The summed E-state index contributed by atoms with van der Waals surface area (Å²) >= 11 is 0. The van der Waals surface area contributed by atoms with Crippen LogP contribution in [-0.4, -0.2) is 31.5 Å². The lowest BCUT2D eigenvalue weighted by atomic mass is 10.2. The number of rotatable bonds is 4. The van der Waals surface area contributed by atoms with Crippen molar-refractivity contribution in [3.63, 3.8) is 0 Å². The second kappa shape index (κ2) is 4.61. The lowest BCUT2D eigenvalue weighted by Gasteiger charge is -2.13. The molecule has 5 nitrogen and oxygen atoms in total. The van der Waals surface area contributed by atoms with Gasteiger partial charge >= 0.3 is 0 Å². The Labute approximate surface area is 106 Å². The number of hydrogen-bond acceptors (Lipinski definition) is 5. The SMILES string of the molecule is Cc1nc2cc(NC(C)CS(C)(=O)=O)ccc2o1. The van der Waals surface area contributed by atoms with E-state index in [0.717, 1.165) is 16.8 Å². The van der Waals surface area contributed by atoms with Gasteiger partial charge in [-0.3, -0.25) is 0 Å². The van der Waals surface area contributed by atoms with Gasteiger partial charge in [0.25, 0.3) is 0 Å². The molecule has 18 heavy (non-hydrogen) atoms. The maximum atomic E-state index is 11.2. The van der Waals surface area contributed by atoms with Crippen molar-refractivity contribution in [3.8, 4) is 0 Å². The molecule has 0 aliphatic carbocycles. The van der Waals surface area contributed by atoms with Crippen LogP contribution in [0.2, 0.25) is 0 Å². The van der Waals surface area contributed by atoms with Crippen LogP contribution in [0.5, 0.6) is 0 Å². The van der Waals surface area contributed by atoms with E-state index in [9.17, 15) is 8.42 Å². The smallest absolute Gasteiger partial charge is 0.192 e. The Bertz CT molecular complexity index is 661. The van der Waals surface area contributed by atoms with E-state index in [1.165, 1.54) is 6.26 Å². The van der Waals surface area contributed by atoms with Gasteiger partial charge in [0.2, 0.25) is 0 Å². The van der Waals surface area contributed by atoms with Gasteiger partial charge in [-0.05, 0) is 25.1 Å². The molecule has 98 valence electrons. The summed E-state index contributed by atoms with van der Waals surface area (Å²) in [5, 5.41) is 3.14. The van der Waals surface area contributed by atoms with Crippen LogP contribution in [-0.2, 0) is 9.84 Å². The second-order valence-electron chi connectivity index (χ2n) is 4.55. The molecule has 0 aliphatic heterocycles. The van der Waals surface area contributed by atoms with Gasteiger partial charge in [-0.1, -0.05) is 0 Å². The van der Waals surface area contributed by atoms with Crippen LogP contribution in [0.4, 0.5) is 5.69 Å². The second-order valence-corrected chi connectivity index (χ2v) is 6.74. The Kier molecular flexibility index (Phi) is 3.30. The van der Waals surface area contributed by atoms with Gasteiger partial charge in [-0.15, -0.1) is 0 Å². The number of aryl methyl sites for hydroxylation is 1. The zero-order valence-electron chi connectivity index (χ0n) is 10.6. The monoisotopic (exact) mass is 268 g/mol. The van der Waals surface area contributed by atoms with Gasteiger partial charge in [0, 0.05) is 24.9 Å². The van der Waals surface area contributed by atoms with Crippen LogP contribution in [0.1, 0.15) is 12.8 Å². The van der Waals surface area contributed by atoms with Gasteiger partial charge in [0.15, 0.2) is 11.5 Å². The van der Waals surface area contributed by atoms with Crippen LogP contribution in [0.3, 0.4) is 0 Å². The molecule has 0 radical (unpaired) electrons. The minimum absolute atomic E-state index is 0.100. The lowest BCUT2D eigenvalue weighted by Crippen LogP contribution is -2.24. The van der Waals surface area contributed by atoms with Gasteiger partial charge in [0.1, 0.15) is 15.4 Å². The fourth-order valence-electron chi connectivity index (χ4n) is 1.91. The number of hydrogen-bond donors (Lipinski definition) is 1. The standard InChI is InChI=1S/C12H16N2O3S/c1-8(7-18(3,15)16)13-10-4-5-12-11(6-10)14-9(2)17-12/h4-6,8,13H,7H2,1-3H3. The van der Waals surface area contributed by atoms with Gasteiger partial charge in [0.05, 0.1) is 5.75 Å². The van der Waals surface area contributed by atoms with Gasteiger partial charge in [-0.2, -0.15) is 0 Å². The predicted octanol–water partition coefficient (Wildman–Crippen LogP) is 1.98. The van der Waals surface area contributed by atoms with Crippen LogP contribution in [0.25, 0.3) is 11.1 Å². The van der Waals surface area contributed by atoms with E-state index < -0.39 is 9.84 Å². The Morgan fingerprint density at radius 3 is 2.83 bits per heavy atom. The topological polar surface area (TPSA) is 72.2 Å². The number of sulfone groups is 1. The number of nitrogens with one attached hydrogen (secondary N) is 1. The van der Waals surface area contributed by atoms with Crippen molar-refractivity contribution in [1.29, 1.82) is 0 Å². The molecule has 1 aromatic heterocycles.